The molecule has 1 N–H and O–H groups in total. The number of para-hydroxylation sites is 1. The lowest BCUT2D eigenvalue weighted by Gasteiger charge is -2.10. The van der Waals surface area contributed by atoms with Gasteiger partial charge in [-0.05, 0) is 47.5 Å². The third kappa shape index (κ3) is 4.81. The van der Waals surface area contributed by atoms with Crippen LogP contribution in [0.3, 0.4) is 0 Å². The van der Waals surface area contributed by atoms with Crippen LogP contribution < -0.4 is 5.32 Å². The molecule has 3 aromatic rings. The highest BCUT2D eigenvalue weighted by atomic mass is 79.9. The lowest BCUT2D eigenvalue weighted by molar-refractivity contribution is -0.113. The highest BCUT2D eigenvalue weighted by molar-refractivity contribution is 9.10. The first-order valence-corrected chi connectivity index (χ1v) is 10.5. The second-order valence-electron chi connectivity index (χ2n) is 6.02. The van der Waals surface area contributed by atoms with E-state index in [2.05, 4.69) is 42.9 Å². The van der Waals surface area contributed by atoms with Crippen LogP contribution >= 0.6 is 27.7 Å². The topological polar surface area (TPSA) is 73.0 Å². The molecular weight excluding hydrogens is 428 g/mol. The first-order chi connectivity index (χ1) is 13.1. The van der Waals surface area contributed by atoms with Gasteiger partial charge in [-0.15, -0.1) is 10.2 Å². The van der Waals surface area contributed by atoms with E-state index >= 15 is 0 Å². The zero-order chi connectivity index (χ0) is 19.2. The van der Waals surface area contributed by atoms with Crippen LogP contribution in [0.25, 0.3) is 11.4 Å². The van der Waals surface area contributed by atoms with Crippen molar-refractivity contribution >= 4 is 39.3 Å². The maximum Gasteiger partial charge on any atom is 0.234 e. The Bertz CT molecular complexity index is 922. The number of benzene rings is 1. The summed E-state index contributed by atoms with van der Waals surface area (Å²) < 4.78 is 8.33. The molecule has 0 fully saturated rings. The lowest BCUT2D eigenvalue weighted by Crippen LogP contribution is -2.15. The van der Waals surface area contributed by atoms with Gasteiger partial charge in [-0.25, -0.2) is 0 Å². The number of hydrogen-bond acceptors (Lipinski definition) is 5. The number of carbonyl (C=O) groups is 1. The number of halogens is 1. The predicted molar refractivity (Wildman–Crippen MR) is 111 cm³/mol. The van der Waals surface area contributed by atoms with Gasteiger partial charge in [-0.2, -0.15) is 0 Å². The molecule has 0 saturated heterocycles. The summed E-state index contributed by atoms with van der Waals surface area (Å²) in [5, 5.41) is 12.3. The van der Waals surface area contributed by atoms with E-state index in [1.165, 1.54) is 11.8 Å². The van der Waals surface area contributed by atoms with Gasteiger partial charge in [0.2, 0.25) is 5.91 Å². The molecule has 3 rings (SSSR count). The summed E-state index contributed by atoms with van der Waals surface area (Å²) in [7, 11) is 0. The second kappa shape index (κ2) is 9.23. The van der Waals surface area contributed by atoms with Crippen LogP contribution in [0.15, 0.2) is 50.6 Å². The number of rotatable bonds is 8. The Kier molecular flexibility index (Phi) is 6.73. The number of unbranched alkanes of at least 4 members (excludes halogenated alkanes) is 1. The van der Waals surface area contributed by atoms with Crippen molar-refractivity contribution < 1.29 is 9.21 Å². The third-order valence-corrected chi connectivity index (χ3v) is 5.69. The second-order valence-corrected chi connectivity index (χ2v) is 7.82. The SMILES string of the molecule is CCCCn1c(SCC(=O)Nc2ccccc2Br)nnc1-c1ccoc1C. The number of furan rings is 1. The molecule has 0 atom stereocenters. The monoisotopic (exact) mass is 448 g/mol. The molecule has 0 aliphatic heterocycles. The number of nitrogens with zero attached hydrogens (tertiary/aromatic N) is 3. The van der Waals surface area contributed by atoms with E-state index in [9.17, 15) is 4.79 Å². The predicted octanol–water partition coefficient (Wildman–Crippen LogP) is 5.14. The molecular formula is C19H21BrN4O2S. The van der Waals surface area contributed by atoms with Crippen LogP contribution in [0.2, 0.25) is 0 Å². The number of thioether (sulfide) groups is 1. The van der Waals surface area contributed by atoms with E-state index in [4.69, 9.17) is 4.42 Å². The highest BCUT2D eigenvalue weighted by Crippen LogP contribution is 2.28. The standard InChI is InChI=1S/C19H21BrN4O2S/c1-3-4-10-24-18(14-9-11-26-13(14)2)22-23-19(24)27-12-17(25)21-16-8-6-5-7-15(16)20/h5-9,11H,3-4,10,12H2,1-2H3,(H,21,25). The molecule has 142 valence electrons. The quantitative estimate of drug-likeness (QED) is 0.482. The van der Waals surface area contributed by atoms with Crippen molar-refractivity contribution in [2.45, 2.75) is 38.4 Å². The van der Waals surface area contributed by atoms with Crippen LogP contribution in [0.1, 0.15) is 25.5 Å². The Morgan fingerprint density at radius 2 is 2.11 bits per heavy atom. The summed E-state index contributed by atoms with van der Waals surface area (Å²) in [6.45, 7) is 4.86. The smallest absolute Gasteiger partial charge is 0.234 e. The van der Waals surface area contributed by atoms with Crippen molar-refractivity contribution in [3.05, 3.63) is 46.8 Å². The van der Waals surface area contributed by atoms with E-state index < -0.39 is 0 Å². The summed E-state index contributed by atoms with van der Waals surface area (Å²) >= 11 is 4.82. The van der Waals surface area contributed by atoms with Gasteiger partial charge in [0.05, 0.1) is 23.3 Å². The van der Waals surface area contributed by atoms with Gasteiger partial charge in [-0.3, -0.25) is 4.79 Å². The molecule has 8 heteroatoms. The van der Waals surface area contributed by atoms with E-state index in [0.29, 0.717) is 0 Å². The summed E-state index contributed by atoms with van der Waals surface area (Å²) in [5.41, 5.74) is 1.69. The molecule has 0 spiro atoms. The molecule has 2 aromatic heterocycles. The van der Waals surface area contributed by atoms with Crippen LogP contribution in [0.5, 0.6) is 0 Å². The molecule has 2 heterocycles. The molecule has 0 unspecified atom stereocenters. The Morgan fingerprint density at radius 1 is 1.30 bits per heavy atom. The average Bonchev–Trinajstić information content (AvgIpc) is 3.25. The van der Waals surface area contributed by atoms with Gasteiger partial charge in [-0.1, -0.05) is 37.2 Å². The first kappa shape index (κ1) is 19.7. The van der Waals surface area contributed by atoms with Gasteiger partial charge in [0, 0.05) is 11.0 Å². The molecule has 0 aliphatic rings. The summed E-state index contributed by atoms with van der Waals surface area (Å²) in [6.07, 6.45) is 3.73. The minimum atomic E-state index is -0.0852. The number of hydrogen-bond donors (Lipinski definition) is 1. The lowest BCUT2D eigenvalue weighted by atomic mass is 10.2. The van der Waals surface area contributed by atoms with E-state index in [1.807, 2.05) is 37.3 Å². The van der Waals surface area contributed by atoms with Crippen molar-refractivity contribution in [1.82, 2.24) is 14.8 Å². The molecule has 1 aromatic carbocycles. The number of anilines is 1. The fourth-order valence-corrected chi connectivity index (χ4v) is 3.76. The van der Waals surface area contributed by atoms with Crippen molar-refractivity contribution in [3.8, 4) is 11.4 Å². The Morgan fingerprint density at radius 3 is 2.81 bits per heavy atom. The van der Waals surface area contributed by atoms with E-state index in [-0.39, 0.29) is 11.7 Å². The molecule has 0 radical (unpaired) electrons. The first-order valence-electron chi connectivity index (χ1n) is 8.75. The van der Waals surface area contributed by atoms with Crippen LogP contribution in [0, 0.1) is 6.92 Å². The summed E-state index contributed by atoms with van der Waals surface area (Å²) in [5.74, 6) is 1.76. The van der Waals surface area contributed by atoms with Gasteiger partial charge in [0.25, 0.3) is 0 Å². The van der Waals surface area contributed by atoms with Crippen molar-refractivity contribution in [2.75, 3.05) is 11.1 Å². The molecule has 1 amide bonds. The normalized spacial score (nSPS) is 10.9. The minimum absolute atomic E-state index is 0.0852. The highest BCUT2D eigenvalue weighted by Gasteiger charge is 2.18. The molecule has 0 aliphatic carbocycles. The van der Waals surface area contributed by atoms with E-state index in [0.717, 1.165) is 51.9 Å². The van der Waals surface area contributed by atoms with Gasteiger partial charge in [0.1, 0.15) is 5.76 Å². The van der Waals surface area contributed by atoms with Gasteiger partial charge >= 0.3 is 0 Å². The van der Waals surface area contributed by atoms with Crippen LogP contribution in [0.4, 0.5) is 5.69 Å². The number of aryl methyl sites for hydroxylation is 1. The van der Waals surface area contributed by atoms with Crippen LogP contribution in [-0.4, -0.2) is 26.4 Å². The maximum atomic E-state index is 12.3. The molecule has 27 heavy (non-hydrogen) atoms. The number of carbonyl (C=O) groups excluding carboxylic acids is 1. The van der Waals surface area contributed by atoms with Crippen molar-refractivity contribution in [2.24, 2.45) is 0 Å². The molecule has 0 bridgehead atoms. The Balaban J connectivity index is 1.72. The maximum absolute atomic E-state index is 12.3. The fraction of sp³-hybridized carbons (Fsp3) is 0.316. The molecule has 0 saturated carbocycles. The van der Waals surface area contributed by atoms with Gasteiger partial charge < -0.3 is 14.3 Å². The molecule has 6 nitrogen and oxygen atoms in total. The Hall–Kier alpha value is -2.06. The largest absolute Gasteiger partial charge is 0.469 e. The van der Waals surface area contributed by atoms with E-state index in [1.54, 1.807) is 6.26 Å². The zero-order valence-electron chi connectivity index (χ0n) is 15.2. The van der Waals surface area contributed by atoms with Gasteiger partial charge in [0.15, 0.2) is 11.0 Å². The number of aromatic nitrogens is 3. The summed E-state index contributed by atoms with van der Waals surface area (Å²) in [4.78, 5) is 12.3. The number of amides is 1. The minimum Gasteiger partial charge on any atom is -0.469 e. The zero-order valence-corrected chi connectivity index (χ0v) is 17.6. The number of nitrogens with one attached hydrogen (secondary N) is 1. The average molecular weight is 449 g/mol. The Labute approximate surface area is 170 Å². The van der Waals surface area contributed by atoms with Crippen molar-refractivity contribution in [1.29, 1.82) is 0 Å². The van der Waals surface area contributed by atoms with Crippen molar-refractivity contribution in [3.63, 3.8) is 0 Å². The summed E-state index contributed by atoms with van der Waals surface area (Å²) in [6, 6.07) is 9.44. The van der Waals surface area contributed by atoms with Crippen LogP contribution in [-0.2, 0) is 11.3 Å². The fourth-order valence-electron chi connectivity index (χ4n) is 2.61. The third-order valence-electron chi connectivity index (χ3n) is 4.03.